The molecule has 0 radical (unpaired) electrons. The Morgan fingerprint density at radius 3 is 2.43 bits per heavy atom. The van der Waals surface area contributed by atoms with E-state index in [1.165, 1.54) is 0 Å². The average molecular weight is 219 g/mol. The maximum Gasteiger partial charge on any atom is 0.272 e. The number of hydrogen-bond acceptors (Lipinski definition) is 4. The highest BCUT2D eigenvalue weighted by molar-refractivity contribution is 7.84. The van der Waals surface area contributed by atoms with Gasteiger partial charge in [0.05, 0.1) is 6.54 Å². The van der Waals surface area contributed by atoms with Gasteiger partial charge in [0.1, 0.15) is 17.3 Å². The van der Waals surface area contributed by atoms with E-state index in [9.17, 15) is 8.42 Å². The Balaban J connectivity index is 2.69. The molecule has 1 N–H and O–H groups in total. The third-order valence-electron chi connectivity index (χ3n) is 1.51. The molecule has 0 bridgehead atoms. The van der Waals surface area contributed by atoms with Crippen LogP contribution in [0.4, 0.5) is 0 Å². The molecule has 0 spiro atoms. The van der Waals surface area contributed by atoms with Gasteiger partial charge in [-0.2, -0.15) is 8.42 Å². The van der Waals surface area contributed by atoms with Gasteiger partial charge >= 0.3 is 0 Å². The molecule has 0 fully saturated rings. The molecule has 0 saturated heterocycles. The molecular weight excluding hydrogens is 206 g/mol. The molecule has 1 heterocycles. The van der Waals surface area contributed by atoms with Crippen LogP contribution in [0.3, 0.4) is 0 Å². The van der Waals surface area contributed by atoms with Gasteiger partial charge in [-0.3, -0.25) is 4.55 Å². The molecule has 14 heavy (non-hydrogen) atoms. The summed E-state index contributed by atoms with van der Waals surface area (Å²) < 4.78 is 34.8. The summed E-state index contributed by atoms with van der Waals surface area (Å²) in [6.45, 7) is 0.603. The number of nitrogens with zero attached hydrogens (tertiary/aromatic N) is 1. The number of furan rings is 1. The van der Waals surface area contributed by atoms with Crippen LogP contribution in [-0.4, -0.2) is 32.0 Å². The predicted octanol–water partition coefficient (Wildman–Crippen LogP) is 0.729. The third kappa shape index (κ3) is 3.91. The molecule has 0 aromatic carbocycles. The van der Waals surface area contributed by atoms with Crippen LogP contribution in [-0.2, 0) is 22.4 Å². The lowest BCUT2D eigenvalue weighted by molar-refractivity contribution is 0.343. The van der Waals surface area contributed by atoms with Gasteiger partial charge in [0.15, 0.2) is 0 Å². The minimum atomic E-state index is -4.00. The molecule has 0 atom stereocenters. The topological polar surface area (TPSA) is 70.8 Å². The summed E-state index contributed by atoms with van der Waals surface area (Å²) in [6.07, 6.45) is 0. The van der Waals surface area contributed by atoms with E-state index in [-0.39, 0.29) is 5.76 Å². The predicted molar refractivity (Wildman–Crippen MR) is 51.4 cm³/mol. The van der Waals surface area contributed by atoms with Crippen molar-refractivity contribution >= 4 is 10.1 Å². The standard InChI is InChI=1S/C8H13NO4S/c1-9(2)5-7-3-4-8(13-7)6-14(10,11)12/h3-4H,5-6H2,1-2H3,(H,10,11,12). The normalized spacial score (nSPS) is 12.3. The van der Waals surface area contributed by atoms with E-state index in [4.69, 9.17) is 8.97 Å². The van der Waals surface area contributed by atoms with Gasteiger partial charge in [-0.05, 0) is 26.2 Å². The molecule has 0 aliphatic rings. The Morgan fingerprint density at radius 1 is 1.36 bits per heavy atom. The van der Waals surface area contributed by atoms with E-state index in [0.717, 1.165) is 0 Å². The van der Waals surface area contributed by atoms with E-state index >= 15 is 0 Å². The van der Waals surface area contributed by atoms with E-state index in [1.807, 2.05) is 19.0 Å². The highest BCUT2D eigenvalue weighted by Crippen LogP contribution is 2.11. The fraction of sp³-hybridized carbons (Fsp3) is 0.500. The fourth-order valence-electron chi connectivity index (χ4n) is 1.08. The van der Waals surface area contributed by atoms with Gasteiger partial charge in [0.25, 0.3) is 10.1 Å². The van der Waals surface area contributed by atoms with Crippen molar-refractivity contribution in [3.05, 3.63) is 23.7 Å². The van der Waals surface area contributed by atoms with Crippen molar-refractivity contribution in [2.24, 2.45) is 0 Å². The van der Waals surface area contributed by atoms with Crippen molar-refractivity contribution in [3.63, 3.8) is 0 Å². The molecule has 6 heteroatoms. The summed E-state index contributed by atoms with van der Waals surface area (Å²) in [6, 6.07) is 3.24. The average Bonchev–Trinajstić information content (AvgIpc) is 2.30. The molecule has 0 aliphatic heterocycles. The molecule has 1 aromatic rings. The van der Waals surface area contributed by atoms with E-state index in [0.29, 0.717) is 12.3 Å². The van der Waals surface area contributed by atoms with Crippen LogP contribution in [0.5, 0.6) is 0 Å². The molecule has 5 nitrogen and oxygen atoms in total. The lowest BCUT2D eigenvalue weighted by atomic mass is 10.4. The first-order valence-electron chi connectivity index (χ1n) is 4.04. The SMILES string of the molecule is CN(C)Cc1ccc(CS(=O)(=O)O)o1. The van der Waals surface area contributed by atoms with Gasteiger partial charge in [-0.15, -0.1) is 0 Å². The number of hydrogen-bond donors (Lipinski definition) is 1. The van der Waals surface area contributed by atoms with Crippen LogP contribution < -0.4 is 0 Å². The molecule has 80 valence electrons. The van der Waals surface area contributed by atoms with Crippen LogP contribution in [0.1, 0.15) is 11.5 Å². The summed E-state index contributed by atoms with van der Waals surface area (Å²) in [7, 11) is -0.240. The lowest BCUT2D eigenvalue weighted by Crippen LogP contribution is -2.09. The largest absolute Gasteiger partial charge is 0.464 e. The van der Waals surface area contributed by atoms with Crippen LogP contribution in [0.15, 0.2) is 16.5 Å². The molecule has 0 amide bonds. The van der Waals surface area contributed by atoms with Gasteiger partial charge in [-0.1, -0.05) is 0 Å². The van der Waals surface area contributed by atoms with Crippen LogP contribution in [0.2, 0.25) is 0 Å². The number of rotatable bonds is 4. The molecule has 1 rings (SSSR count). The minimum Gasteiger partial charge on any atom is -0.464 e. The summed E-state index contributed by atoms with van der Waals surface area (Å²) in [5.41, 5.74) is 0. The van der Waals surface area contributed by atoms with E-state index in [2.05, 4.69) is 0 Å². The summed E-state index contributed by atoms with van der Waals surface area (Å²) in [5, 5.41) is 0. The van der Waals surface area contributed by atoms with Crippen LogP contribution >= 0.6 is 0 Å². The third-order valence-corrected chi connectivity index (χ3v) is 2.16. The zero-order chi connectivity index (χ0) is 10.8. The zero-order valence-corrected chi connectivity index (χ0v) is 8.91. The van der Waals surface area contributed by atoms with Gasteiger partial charge in [0, 0.05) is 0 Å². The summed E-state index contributed by atoms with van der Waals surface area (Å²) in [4.78, 5) is 1.90. The Morgan fingerprint density at radius 2 is 1.93 bits per heavy atom. The van der Waals surface area contributed by atoms with Gasteiger partial charge in [-0.25, -0.2) is 0 Å². The van der Waals surface area contributed by atoms with Crippen molar-refractivity contribution in [2.45, 2.75) is 12.3 Å². The van der Waals surface area contributed by atoms with Crippen molar-refractivity contribution < 1.29 is 17.4 Å². The van der Waals surface area contributed by atoms with Crippen molar-refractivity contribution in [2.75, 3.05) is 14.1 Å². The first-order chi connectivity index (χ1) is 6.37. The fourth-order valence-corrected chi connectivity index (χ4v) is 1.59. The van der Waals surface area contributed by atoms with E-state index in [1.54, 1.807) is 12.1 Å². The second-order valence-corrected chi connectivity index (χ2v) is 4.78. The highest BCUT2D eigenvalue weighted by Gasteiger charge is 2.10. The maximum atomic E-state index is 10.5. The molecular formula is C8H13NO4S. The summed E-state index contributed by atoms with van der Waals surface area (Å²) >= 11 is 0. The second kappa shape index (κ2) is 4.12. The van der Waals surface area contributed by atoms with Crippen molar-refractivity contribution in [1.29, 1.82) is 0 Å². The maximum absolute atomic E-state index is 10.5. The molecule has 1 aromatic heterocycles. The second-order valence-electron chi connectivity index (χ2n) is 3.33. The molecule has 0 unspecified atom stereocenters. The Kier molecular flexibility index (Phi) is 3.30. The smallest absolute Gasteiger partial charge is 0.272 e. The summed E-state index contributed by atoms with van der Waals surface area (Å²) in [5.74, 6) is 0.457. The van der Waals surface area contributed by atoms with Crippen LogP contribution in [0, 0.1) is 0 Å². The molecule has 0 aliphatic carbocycles. The minimum absolute atomic E-state index is 0.254. The van der Waals surface area contributed by atoms with Gasteiger partial charge in [0.2, 0.25) is 0 Å². The zero-order valence-electron chi connectivity index (χ0n) is 8.10. The highest BCUT2D eigenvalue weighted by atomic mass is 32.2. The van der Waals surface area contributed by atoms with Gasteiger partial charge < -0.3 is 9.32 Å². The first-order valence-corrected chi connectivity index (χ1v) is 5.65. The van der Waals surface area contributed by atoms with Crippen LogP contribution in [0.25, 0.3) is 0 Å². The van der Waals surface area contributed by atoms with E-state index < -0.39 is 15.9 Å². The Hall–Kier alpha value is -0.850. The monoisotopic (exact) mass is 219 g/mol. The van der Waals surface area contributed by atoms with Crippen molar-refractivity contribution in [3.8, 4) is 0 Å². The first kappa shape index (κ1) is 11.2. The Bertz CT molecular complexity index is 393. The Labute approximate surface area is 83.1 Å². The quantitative estimate of drug-likeness (QED) is 0.756. The molecule has 0 saturated carbocycles. The lowest BCUT2D eigenvalue weighted by Gasteiger charge is -2.05. The van der Waals surface area contributed by atoms with Crippen molar-refractivity contribution in [1.82, 2.24) is 4.90 Å².